The molecule has 2 rings (SSSR count). The van der Waals surface area contributed by atoms with E-state index in [4.69, 9.17) is 14.2 Å². The number of phosphoric acid groups is 1. The third kappa shape index (κ3) is 6.98. The number of rotatable bonds is 7. The Morgan fingerprint density at radius 2 is 1.48 bits per heavy atom. The Morgan fingerprint density at radius 3 is 2.04 bits per heavy atom. The third-order valence-electron chi connectivity index (χ3n) is 3.32. The molecule has 140 valence electrons. The van der Waals surface area contributed by atoms with Crippen LogP contribution in [0.5, 0.6) is 23.0 Å². The van der Waals surface area contributed by atoms with Crippen molar-refractivity contribution in [1.29, 1.82) is 0 Å². The van der Waals surface area contributed by atoms with Gasteiger partial charge in [-0.1, -0.05) is 18.2 Å². The van der Waals surface area contributed by atoms with E-state index in [0.29, 0.717) is 17.1 Å². The maximum Gasteiger partial charge on any atom is 2.00 e. The Hall–Kier alpha value is -0.730. The molecule has 0 aliphatic heterocycles. The SMILES string of the molecule is COc1ccc(/C=C\c2cc(Br)c(OC)c(OC)c2)cc1OP(=O)([O-])[O-].[Ca+2]. The van der Waals surface area contributed by atoms with E-state index in [1.165, 1.54) is 26.4 Å². The van der Waals surface area contributed by atoms with Crippen LogP contribution in [-0.4, -0.2) is 59.1 Å². The molecule has 0 bridgehead atoms. The summed E-state index contributed by atoms with van der Waals surface area (Å²) in [4.78, 5) is 21.7. The molecule has 27 heavy (non-hydrogen) atoms. The summed E-state index contributed by atoms with van der Waals surface area (Å²) < 4.78 is 31.6. The number of halogens is 1. The molecule has 0 saturated heterocycles. The van der Waals surface area contributed by atoms with Gasteiger partial charge in [-0.15, -0.1) is 0 Å². The topological polar surface area (TPSA) is 100 Å². The number of benzene rings is 2. The van der Waals surface area contributed by atoms with Crippen LogP contribution in [0, 0.1) is 0 Å². The largest absolute Gasteiger partial charge is 2.00 e. The molecule has 0 aromatic heterocycles. The fraction of sp³-hybridized carbons (Fsp3) is 0.176. The molecule has 7 nitrogen and oxygen atoms in total. The Morgan fingerprint density at radius 1 is 0.889 bits per heavy atom. The summed E-state index contributed by atoms with van der Waals surface area (Å²) >= 11 is 3.41. The van der Waals surface area contributed by atoms with Gasteiger partial charge in [-0.3, -0.25) is 0 Å². The number of ether oxygens (including phenoxy) is 3. The van der Waals surface area contributed by atoms with Gasteiger partial charge in [-0.25, -0.2) is 0 Å². The van der Waals surface area contributed by atoms with Gasteiger partial charge < -0.3 is 33.1 Å². The summed E-state index contributed by atoms with van der Waals surface area (Å²) in [5.41, 5.74) is 1.42. The van der Waals surface area contributed by atoms with E-state index in [-0.39, 0.29) is 49.2 Å². The molecule has 10 heteroatoms. The van der Waals surface area contributed by atoms with Gasteiger partial charge in [0.05, 0.1) is 25.8 Å². The van der Waals surface area contributed by atoms with Gasteiger partial charge in [0.15, 0.2) is 23.0 Å². The van der Waals surface area contributed by atoms with Crippen molar-refractivity contribution in [2.24, 2.45) is 0 Å². The van der Waals surface area contributed by atoms with Gasteiger partial charge in [-0.05, 0) is 51.3 Å². The van der Waals surface area contributed by atoms with Crippen LogP contribution < -0.4 is 28.5 Å². The second-order valence-corrected chi connectivity index (χ2v) is 6.95. The maximum atomic E-state index is 10.9. The molecule has 2 aromatic carbocycles. The number of hydrogen-bond donors (Lipinski definition) is 0. The van der Waals surface area contributed by atoms with E-state index < -0.39 is 7.82 Å². The van der Waals surface area contributed by atoms with E-state index in [1.807, 2.05) is 6.07 Å². The van der Waals surface area contributed by atoms with Crippen LogP contribution in [0.2, 0.25) is 0 Å². The standard InChI is InChI=1S/C17H18BrO7P.Ca/c1-22-14-7-6-11(9-15(14)25-26(19,20)21)4-5-12-8-13(18)17(24-3)16(10-12)23-2;/h4-10H,1-3H3,(H2,19,20,21);/q;+2/p-2/b5-4-;. The van der Waals surface area contributed by atoms with E-state index in [2.05, 4.69) is 20.5 Å². The molecule has 0 aliphatic carbocycles. The molecule has 0 atom stereocenters. The molecular weight excluding hydrogens is 467 g/mol. The molecule has 0 radical (unpaired) electrons. The smallest absolute Gasteiger partial charge is 0.780 e. The number of methoxy groups -OCH3 is 3. The predicted octanol–water partition coefficient (Wildman–Crippen LogP) is 2.47. The zero-order chi connectivity index (χ0) is 19.3. The Balaban J connectivity index is 0.00000364. The minimum atomic E-state index is -5.19. The average Bonchev–Trinajstić information content (AvgIpc) is 2.58. The molecular formula is C17H16BrCaO7P. The van der Waals surface area contributed by atoms with E-state index >= 15 is 0 Å². The Kier molecular flexibility index (Phi) is 9.65. The first-order chi connectivity index (χ1) is 12.3. The predicted molar refractivity (Wildman–Crippen MR) is 103 cm³/mol. The zero-order valence-corrected chi connectivity index (χ0v) is 19.6. The fourth-order valence-electron chi connectivity index (χ4n) is 2.22. The van der Waals surface area contributed by atoms with Gasteiger partial charge >= 0.3 is 37.7 Å². The molecule has 0 fully saturated rings. The van der Waals surface area contributed by atoms with E-state index in [1.54, 1.807) is 31.4 Å². The van der Waals surface area contributed by atoms with Crippen molar-refractivity contribution < 1.29 is 33.1 Å². The number of hydrogen-bond acceptors (Lipinski definition) is 7. The van der Waals surface area contributed by atoms with Gasteiger partial charge in [0.2, 0.25) is 0 Å². The van der Waals surface area contributed by atoms with Gasteiger partial charge in [0.25, 0.3) is 0 Å². The second-order valence-electron chi connectivity index (χ2n) is 5.02. The molecule has 0 amide bonds. The summed E-state index contributed by atoms with van der Waals surface area (Å²) in [5.74, 6) is 1.10. The Bertz CT molecular complexity index is 867. The van der Waals surface area contributed by atoms with Gasteiger partial charge in [0, 0.05) is 0 Å². The molecule has 2 aromatic rings. The molecule has 0 heterocycles. The molecule has 0 spiro atoms. The normalized spacial score (nSPS) is 11.0. The van der Waals surface area contributed by atoms with Gasteiger partial charge in [-0.2, -0.15) is 0 Å². The minimum Gasteiger partial charge on any atom is -0.780 e. The zero-order valence-electron chi connectivity index (χ0n) is 14.9. The van der Waals surface area contributed by atoms with Crippen LogP contribution in [0.1, 0.15) is 11.1 Å². The number of phosphoric ester groups is 1. The van der Waals surface area contributed by atoms with Crippen LogP contribution in [0.3, 0.4) is 0 Å². The van der Waals surface area contributed by atoms with E-state index in [0.717, 1.165) is 10.0 Å². The van der Waals surface area contributed by atoms with Crippen LogP contribution in [0.25, 0.3) is 12.2 Å². The molecule has 0 aliphatic rings. The molecule has 0 saturated carbocycles. The van der Waals surface area contributed by atoms with Crippen molar-refractivity contribution >= 4 is 73.6 Å². The quantitative estimate of drug-likeness (QED) is 0.339. The maximum absolute atomic E-state index is 10.9. The Labute approximate surface area is 195 Å². The van der Waals surface area contributed by atoms with Crippen LogP contribution in [0.4, 0.5) is 0 Å². The third-order valence-corrected chi connectivity index (χ3v) is 4.33. The van der Waals surface area contributed by atoms with Crippen molar-refractivity contribution in [2.75, 3.05) is 21.3 Å². The average molecular weight is 483 g/mol. The van der Waals surface area contributed by atoms with Crippen molar-refractivity contribution in [3.05, 3.63) is 45.9 Å². The van der Waals surface area contributed by atoms with Crippen LogP contribution in [0.15, 0.2) is 34.8 Å². The van der Waals surface area contributed by atoms with Crippen molar-refractivity contribution in [1.82, 2.24) is 0 Å². The first-order valence-electron chi connectivity index (χ1n) is 7.26. The summed E-state index contributed by atoms with van der Waals surface area (Å²) in [6.45, 7) is 0. The molecule has 0 N–H and O–H groups in total. The van der Waals surface area contributed by atoms with E-state index in [9.17, 15) is 14.4 Å². The summed E-state index contributed by atoms with van der Waals surface area (Å²) in [6, 6.07) is 8.22. The summed E-state index contributed by atoms with van der Waals surface area (Å²) in [7, 11) is -0.765. The first-order valence-corrected chi connectivity index (χ1v) is 9.52. The summed E-state index contributed by atoms with van der Waals surface area (Å²) in [5, 5.41) is 0. The fourth-order valence-corrected chi connectivity index (χ4v) is 3.22. The van der Waals surface area contributed by atoms with Crippen LogP contribution in [-0.2, 0) is 4.57 Å². The molecule has 0 unspecified atom stereocenters. The van der Waals surface area contributed by atoms with Crippen molar-refractivity contribution in [3.8, 4) is 23.0 Å². The van der Waals surface area contributed by atoms with Crippen molar-refractivity contribution in [2.45, 2.75) is 0 Å². The summed E-state index contributed by atoms with van der Waals surface area (Å²) in [6.07, 6.45) is 3.51. The van der Waals surface area contributed by atoms with Crippen molar-refractivity contribution in [3.63, 3.8) is 0 Å². The minimum absolute atomic E-state index is 0. The first kappa shape index (κ1) is 24.3. The monoisotopic (exact) mass is 482 g/mol. The second kappa shape index (κ2) is 10.7. The van der Waals surface area contributed by atoms with Crippen LogP contribution >= 0.6 is 23.8 Å². The van der Waals surface area contributed by atoms with Gasteiger partial charge in [0.1, 0.15) is 7.82 Å².